The van der Waals surface area contributed by atoms with E-state index in [1.807, 2.05) is 0 Å². The van der Waals surface area contributed by atoms with E-state index >= 15 is 0 Å². The summed E-state index contributed by atoms with van der Waals surface area (Å²) in [4.78, 5) is 0. The Kier molecular flexibility index (Phi) is 6.55. The molecule has 5 aromatic carbocycles. The summed E-state index contributed by atoms with van der Waals surface area (Å²) in [6, 6.07) is 44.2. The first-order valence-corrected chi connectivity index (χ1v) is 18.6. The van der Waals surface area contributed by atoms with Gasteiger partial charge in [0.25, 0.3) is 0 Å². The van der Waals surface area contributed by atoms with Gasteiger partial charge >= 0.3 is 0 Å². The van der Waals surface area contributed by atoms with Crippen molar-refractivity contribution in [3.05, 3.63) is 197 Å². The summed E-state index contributed by atoms with van der Waals surface area (Å²) in [6.45, 7) is 0. The molecule has 1 spiro atoms. The minimum absolute atomic E-state index is 0.153. The van der Waals surface area contributed by atoms with E-state index in [0.717, 1.165) is 55.1 Å². The molecule has 0 N–H and O–H groups in total. The fourth-order valence-corrected chi connectivity index (χ4v) is 9.77. The van der Waals surface area contributed by atoms with Crippen LogP contribution in [0.5, 0.6) is 5.75 Å². The highest BCUT2D eigenvalue weighted by molar-refractivity contribution is 6.10. The lowest BCUT2D eigenvalue weighted by Gasteiger charge is -2.53. The van der Waals surface area contributed by atoms with Gasteiger partial charge in [-0.25, -0.2) is 0 Å². The Hall–Kier alpha value is -6.06. The summed E-state index contributed by atoms with van der Waals surface area (Å²) >= 11 is 0. The predicted octanol–water partition coefficient (Wildman–Crippen LogP) is 12.3. The molecule has 5 aliphatic rings. The van der Waals surface area contributed by atoms with E-state index in [1.165, 1.54) is 66.5 Å². The molecule has 6 aromatic rings. The lowest BCUT2D eigenvalue weighted by molar-refractivity contribution is 0.170. The molecule has 0 amide bonds. The highest BCUT2D eigenvalue weighted by Crippen LogP contribution is 2.63. The Morgan fingerprint density at radius 1 is 0.615 bits per heavy atom. The largest absolute Gasteiger partial charge is 0.461 e. The van der Waals surface area contributed by atoms with E-state index < -0.39 is 0 Å². The Morgan fingerprint density at radius 3 is 2.29 bits per heavy atom. The van der Waals surface area contributed by atoms with Crippen LogP contribution >= 0.6 is 0 Å². The molecule has 11 rings (SSSR count). The Labute approximate surface area is 303 Å². The molecule has 52 heavy (non-hydrogen) atoms. The van der Waals surface area contributed by atoms with Gasteiger partial charge in [-0.05, 0) is 120 Å². The Bertz CT molecular complexity index is 2650. The number of fused-ring (bicyclic) bond motifs is 9. The molecule has 2 unspecified atom stereocenters. The molecule has 3 heterocycles. The first-order valence-electron chi connectivity index (χ1n) is 18.6. The van der Waals surface area contributed by atoms with Crippen LogP contribution in [0.15, 0.2) is 186 Å². The molecular formula is C49H37NO2. The molecule has 0 radical (unpaired) electrons. The maximum absolute atomic E-state index is 7.03. The fraction of sp³-hybridized carbons (Fsp3) is 0.143. The van der Waals surface area contributed by atoms with Gasteiger partial charge in [-0.1, -0.05) is 103 Å². The average Bonchev–Trinajstić information content (AvgIpc) is 3.55. The smallest absolute Gasteiger partial charge is 0.131 e. The van der Waals surface area contributed by atoms with Crippen molar-refractivity contribution < 1.29 is 9.47 Å². The number of nitrogens with zero attached hydrogens (tertiary/aromatic N) is 1. The monoisotopic (exact) mass is 671 g/mol. The van der Waals surface area contributed by atoms with Gasteiger partial charge in [0.15, 0.2) is 0 Å². The number of para-hydroxylation sites is 2. The van der Waals surface area contributed by atoms with Crippen molar-refractivity contribution in [2.75, 3.05) is 0 Å². The van der Waals surface area contributed by atoms with Gasteiger partial charge in [-0.3, -0.25) is 0 Å². The maximum atomic E-state index is 7.03. The van der Waals surface area contributed by atoms with E-state index in [4.69, 9.17) is 9.47 Å². The number of hydrogen-bond acceptors (Lipinski definition) is 2. The summed E-state index contributed by atoms with van der Waals surface area (Å²) in [5, 5.41) is 2.53. The SMILES string of the molecule is C1=CCC2C(=C1)OC1=C(CCC=C1)C21C2=C(C=C(c3ccccc3)CC2)Oc2ccc(-c3ccc4c5ccccc5n(-c5ccccc5)c4c3)cc21. The third-order valence-corrected chi connectivity index (χ3v) is 12.0. The van der Waals surface area contributed by atoms with Crippen molar-refractivity contribution >= 4 is 27.4 Å². The quantitative estimate of drug-likeness (QED) is 0.187. The number of rotatable bonds is 3. The van der Waals surface area contributed by atoms with Gasteiger partial charge < -0.3 is 14.0 Å². The zero-order valence-corrected chi connectivity index (χ0v) is 28.9. The second-order valence-electron chi connectivity index (χ2n) is 14.6. The second-order valence-corrected chi connectivity index (χ2v) is 14.6. The van der Waals surface area contributed by atoms with E-state index in [-0.39, 0.29) is 11.3 Å². The first kappa shape index (κ1) is 29.6. The number of hydrogen-bond donors (Lipinski definition) is 0. The summed E-state index contributed by atoms with van der Waals surface area (Å²) < 4.78 is 16.2. The molecule has 0 saturated heterocycles. The highest BCUT2D eigenvalue weighted by Gasteiger charge is 2.56. The predicted molar refractivity (Wildman–Crippen MR) is 211 cm³/mol. The third-order valence-electron chi connectivity index (χ3n) is 12.0. The average molecular weight is 672 g/mol. The zero-order chi connectivity index (χ0) is 34.2. The molecule has 3 aliphatic carbocycles. The minimum atomic E-state index is -0.365. The normalized spacial score (nSPS) is 21.6. The molecular weight excluding hydrogens is 635 g/mol. The molecule has 2 aliphatic heterocycles. The van der Waals surface area contributed by atoms with Gasteiger partial charge in [0.2, 0.25) is 0 Å². The fourth-order valence-electron chi connectivity index (χ4n) is 9.77. The Balaban J connectivity index is 1.15. The van der Waals surface area contributed by atoms with Crippen molar-refractivity contribution in [2.45, 2.75) is 37.5 Å². The van der Waals surface area contributed by atoms with Crippen molar-refractivity contribution in [3.8, 4) is 22.6 Å². The molecule has 2 atom stereocenters. The number of benzene rings is 5. The molecule has 3 nitrogen and oxygen atoms in total. The molecule has 0 bridgehead atoms. The third kappa shape index (κ3) is 4.26. The van der Waals surface area contributed by atoms with Gasteiger partial charge in [0.05, 0.1) is 16.4 Å². The minimum Gasteiger partial charge on any atom is -0.461 e. The van der Waals surface area contributed by atoms with Crippen molar-refractivity contribution in [1.82, 2.24) is 4.57 Å². The van der Waals surface area contributed by atoms with Crippen LogP contribution in [0.1, 0.15) is 43.2 Å². The molecule has 250 valence electrons. The van der Waals surface area contributed by atoms with Crippen LogP contribution in [0.2, 0.25) is 0 Å². The van der Waals surface area contributed by atoms with Crippen molar-refractivity contribution in [3.63, 3.8) is 0 Å². The van der Waals surface area contributed by atoms with E-state index in [0.29, 0.717) is 0 Å². The van der Waals surface area contributed by atoms with E-state index in [9.17, 15) is 0 Å². The van der Waals surface area contributed by atoms with Crippen LogP contribution in [-0.2, 0) is 10.2 Å². The summed E-state index contributed by atoms with van der Waals surface area (Å²) in [6.07, 6.45) is 18.3. The summed E-state index contributed by atoms with van der Waals surface area (Å²) in [5.41, 5.74) is 12.3. The van der Waals surface area contributed by atoms with Gasteiger partial charge in [-0.15, -0.1) is 0 Å². The van der Waals surface area contributed by atoms with E-state index in [1.54, 1.807) is 0 Å². The first-order chi connectivity index (χ1) is 25.8. The molecule has 0 fully saturated rings. The van der Waals surface area contributed by atoms with Crippen LogP contribution in [-0.4, -0.2) is 4.57 Å². The lowest BCUT2D eigenvalue weighted by Crippen LogP contribution is -2.47. The van der Waals surface area contributed by atoms with Crippen molar-refractivity contribution in [2.24, 2.45) is 5.92 Å². The van der Waals surface area contributed by atoms with E-state index in [2.05, 4.69) is 162 Å². The topological polar surface area (TPSA) is 23.4 Å². The van der Waals surface area contributed by atoms with Gasteiger partial charge in [0, 0.05) is 27.9 Å². The van der Waals surface area contributed by atoms with Crippen LogP contribution in [0, 0.1) is 5.92 Å². The molecule has 0 saturated carbocycles. The second kappa shape index (κ2) is 11.5. The summed E-state index contributed by atoms with van der Waals surface area (Å²) in [5.74, 6) is 4.19. The van der Waals surface area contributed by atoms with Gasteiger partial charge in [0.1, 0.15) is 23.0 Å². The molecule has 1 aromatic heterocycles. The number of ether oxygens (including phenoxy) is 2. The standard InChI is InChI=1S/C49H37NO2/c1-3-13-32(14-4-1)35-24-27-41-48(31-35)52-47-28-25-33(29-42(47)49(41)39-18-8-11-21-45(39)51-46-22-12-9-19-40(46)49)34-23-26-38-37-17-7-10-20-43(37)50(44(38)30-34)36-15-5-2-6-16-36/h1-8,10-17,20-23,25-26,28-31,39H,9,18-19,24,27H2. The Morgan fingerprint density at radius 2 is 1.38 bits per heavy atom. The maximum Gasteiger partial charge on any atom is 0.131 e. The van der Waals surface area contributed by atoms with Gasteiger partial charge in [-0.2, -0.15) is 0 Å². The highest BCUT2D eigenvalue weighted by atomic mass is 16.5. The number of aromatic nitrogens is 1. The molecule has 3 heteroatoms. The van der Waals surface area contributed by atoms with Crippen LogP contribution in [0.4, 0.5) is 0 Å². The summed E-state index contributed by atoms with van der Waals surface area (Å²) in [7, 11) is 0. The van der Waals surface area contributed by atoms with Crippen LogP contribution < -0.4 is 4.74 Å². The number of allylic oxidation sites excluding steroid dienone is 10. The zero-order valence-electron chi connectivity index (χ0n) is 28.9. The van der Waals surface area contributed by atoms with Crippen LogP contribution in [0.25, 0.3) is 44.2 Å². The van der Waals surface area contributed by atoms with Crippen molar-refractivity contribution in [1.29, 1.82) is 0 Å². The van der Waals surface area contributed by atoms with Crippen LogP contribution in [0.3, 0.4) is 0 Å². The lowest BCUT2D eigenvalue weighted by atomic mass is 9.54.